The molecule has 0 saturated heterocycles. The molecule has 1 aromatic heterocycles. The smallest absolute Gasteiger partial charge is 0.325 e. The average Bonchev–Trinajstić information content (AvgIpc) is 2.12. The molecule has 7 nitrogen and oxygen atoms in total. The highest BCUT2D eigenvalue weighted by Gasteiger charge is 2.04. The van der Waals surface area contributed by atoms with Gasteiger partial charge in [0.15, 0.2) is 0 Å². The lowest BCUT2D eigenvalue weighted by molar-refractivity contribution is -0.138. The second-order valence-corrected chi connectivity index (χ2v) is 2.55. The lowest BCUT2D eigenvalue weighted by Gasteiger charge is -2.03. The van der Waals surface area contributed by atoms with E-state index in [0.717, 1.165) is 0 Å². The van der Waals surface area contributed by atoms with Gasteiger partial charge in [-0.2, -0.15) is 15.0 Å². The predicted octanol–water partition coefficient (Wildman–Crippen LogP) is -0.308. The molecular weight excluding hydrogens is 210 g/mol. The Hall–Kier alpha value is -1.63. The largest absolute Gasteiger partial charge is 0.468 e. The summed E-state index contributed by atoms with van der Waals surface area (Å²) in [6.07, 6.45) is 0. The Morgan fingerprint density at radius 1 is 1.57 bits per heavy atom. The fourth-order valence-corrected chi connectivity index (χ4v) is 0.835. The summed E-state index contributed by atoms with van der Waals surface area (Å²) >= 11 is 5.50. The van der Waals surface area contributed by atoms with Gasteiger partial charge in [0.25, 0.3) is 0 Å². The third-order valence-electron chi connectivity index (χ3n) is 1.24. The molecule has 1 heterocycles. The van der Waals surface area contributed by atoms with Gasteiger partial charge in [0.1, 0.15) is 6.54 Å². The van der Waals surface area contributed by atoms with Crippen LogP contribution < -0.4 is 11.1 Å². The van der Waals surface area contributed by atoms with Crippen LogP contribution in [0.4, 0.5) is 11.9 Å². The molecule has 0 fully saturated rings. The fraction of sp³-hybridized carbons (Fsp3) is 0.333. The number of nitrogens with zero attached hydrogens (tertiary/aromatic N) is 3. The summed E-state index contributed by atoms with van der Waals surface area (Å²) < 4.78 is 4.40. The standard InChI is InChI=1S/C6H8ClN5O2/c1-14-3(13)2-9-6-11-4(7)10-5(8)12-6/h2H2,1H3,(H3,8,9,10,11,12). The Morgan fingerprint density at radius 3 is 2.86 bits per heavy atom. The van der Waals surface area contributed by atoms with Gasteiger partial charge >= 0.3 is 5.97 Å². The van der Waals surface area contributed by atoms with Crippen LogP contribution in [-0.2, 0) is 9.53 Å². The van der Waals surface area contributed by atoms with Gasteiger partial charge in [-0.25, -0.2) is 0 Å². The summed E-state index contributed by atoms with van der Waals surface area (Å²) in [5.74, 6) is -0.328. The number of esters is 1. The van der Waals surface area contributed by atoms with Crippen molar-refractivity contribution in [2.24, 2.45) is 0 Å². The van der Waals surface area contributed by atoms with Crippen molar-refractivity contribution in [2.75, 3.05) is 24.7 Å². The summed E-state index contributed by atoms with van der Waals surface area (Å²) in [6, 6.07) is 0. The van der Waals surface area contributed by atoms with Crippen molar-refractivity contribution >= 4 is 29.5 Å². The highest BCUT2D eigenvalue weighted by molar-refractivity contribution is 6.28. The van der Waals surface area contributed by atoms with Crippen molar-refractivity contribution < 1.29 is 9.53 Å². The molecule has 0 aromatic carbocycles. The van der Waals surface area contributed by atoms with Gasteiger partial charge in [-0.1, -0.05) is 0 Å². The van der Waals surface area contributed by atoms with Crippen LogP contribution in [0.1, 0.15) is 0 Å². The second-order valence-electron chi connectivity index (χ2n) is 2.22. The molecule has 0 bridgehead atoms. The number of halogens is 1. The number of ether oxygens (including phenoxy) is 1. The molecule has 0 aliphatic heterocycles. The van der Waals surface area contributed by atoms with Crippen LogP contribution >= 0.6 is 11.6 Å². The minimum atomic E-state index is -0.444. The maximum atomic E-state index is 10.7. The number of carbonyl (C=O) groups is 1. The number of nitrogens with two attached hydrogens (primary N) is 1. The highest BCUT2D eigenvalue weighted by atomic mass is 35.5. The van der Waals surface area contributed by atoms with E-state index in [1.54, 1.807) is 0 Å². The first-order valence-corrected chi connectivity index (χ1v) is 3.97. The molecule has 1 rings (SSSR count). The van der Waals surface area contributed by atoms with Crippen molar-refractivity contribution in [3.05, 3.63) is 5.28 Å². The molecule has 0 aliphatic rings. The SMILES string of the molecule is COC(=O)CNc1nc(N)nc(Cl)n1. The maximum absolute atomic E-state index is 10.7. The lowest BCUT2D eigenvalue weighted by Crippen LogP contribution is -2.17. The second kappa shape index (κ2) is 4.56. The van der Waals surface area contributed by atoms with Gasteiger partial charge in [-0.05, 0) is 11.6 Å². The Balaban J connectivity index is 2.63. The molecular formula is C6H8ClN5O2. The number of nitrogens with one attached hydrogen (secondary N) is 1. The van der Waals surface area contributed by atoms with E-state index in [4.69, 9.17) is 17.3 Å². The van der Waals surface area contributed by atoms with Crippen molar-refractivity contribution in [3.8, 4) is 0 Å². The molecule has 14 heavy (non-hydrogen) atoms. The van der Waals surface area contributed by atoms with Crippen LogP contribution in [0.25, 0.3) is 0 Å². The van der Waals surface area contributed by atoms with Crippen LogP contribution in [0.15, 0.2) is 0 Å². The molecule has 3 N–H and O–H groups in total. The van der Waals surface area contributed by atoms with E-state index in [2.05, 4.69) is 25.0 Å². The summed E-state index contributed by atoms with van der Waals surface area (Å²) in [5.41, 5.74) is 5.30. The van der Waals surface area contributed by atoms with Gasteiger partial charge in [-0.3, -0.25) is 4.79 Å². The first-order valence-electron chi connectivity index (χ1n) is 3.59. The van der Waals surface area contributed by atoms with E-state index in [9.17, 15) is 4.79 Å². The normalized spacial score (nSPS) is 9.57. The molecule has 0 atom stereocenters. The number of hydrogen-bond acceptors (Lipinski definition) is 7. The number of aromatic nitrogens is 3. The molecule has 8 heteroatoms. The molecule has 0 unspecified atom stereocenters. The topological polar surface area (TPSA) is 103 Å². The highest BCUT2D eigenvalue weighted by Crippen LogP contribution is 2.06. The maximum Gasteiger partial charge on any atom is 0.325 e. The quantitative estimate of drug-likeness (QED) is 0.670. The predicted molar refractivity (Wildman–Crippen MR) is 49.8 cm³/mol. The number of anilines is 2. The Labute approximate surface area is 84.7 Å². The van der Waals surface area contributed by atoms with Crippen LogP contribution in [0.5, 0.6) is 0 Å². The van der Waals surface area contributed by atoms with Crippen LogP contribution in [-0.4, -0.2) is 34.6 Å². The Bertz CT molecular complexity index is 325. The molecule has 76 valence electrons. The van der Waals surface area contributed by atoms with Crippen molar-refractivity contribution in [2.45, 2.75) is 0 Å². The van der Waals surface area contributed by atoms with E-state index in [-0.39, 0.29) is 23.7 Å². The fourth-order valence-electron chi connectivity index (χ4n) is 0.668. The Morgan fingerprint density at radius 2 is 2.29 bits per heavy atom. The van der Waals surface area contributed by atoms with Gasteiger partial charge < -0.3 is 15.8 Å². The molecule has 0 spiro atoms. The monoisotopic (exact) mass is 217 g/mol. The third-order valence-corrected chi connectivity index (χ3v) is 1.41. The third kappa shape index (κ3) is 3.02. The summed E-state index contributed by atoms with van der Waals surface area (Å²) in [5, 5.41) is 2.54. The molecule has 0 saturated carbocycles. The summed E-state index contributed by atoms with van der Waals surface area (Å²) in [4.78, 5) is 21.7. The molecule has 0 aliphatic carbocycles. The van der Waals surface area contributed by atoms with Gasteiger partial charge in [0.2, 0.25) is 17.2 Å². The minimum Gasteiger partial charge on any atom is -0.468 e. The van der Waals surface area contributed by atoms with Gasteiger partial charge in [0, 0.05) is 0 Å². The first kappa shape index (κ1) is 10.5. The van der Waals surface area contributed by atoms with Gasteiger partial charge in [-0.15, -0.1) is 0 Å². The Kier molecular flexibility index (Phi) is 3.41. The van der Waals surface area contributed by atoms with Crippen LogP contribution in [0.2, 0.25) is 5.28 Å². The van der Waals surface area contributed by atoms with Gasteiger partial charge in [0.05, 0.1) is 7.11 Å². The number of rotatable bonds is 3. The summed E-state index contributed by atoms with van der Waals surface area (Å²) in [7, 11) is 1.28. The number of hydrogen-bond donors (Lipinski definition) is 2. The number of nitrogen functional groups attached to an aromatic ring is 1. The molecule has 0 amide bonds. The van der Waals surface area contributed by atoms with E-state index in [0.29, 0.717) is 0 Å². The van der Waals surface area contributed by atoms with Crippen molar-refractivity contribution in [1.82, 2.24) is 15.0 Å². The average molecular weight is 218 g/mol. The minimum absolute atomic E-state index is 0.0163. The van der Waals surface area contributed by atoms with Crippen LogP contribution in [0.3, 0.4) is 0 Å². The lowest BCUT2D eigenvalue weighted by atomic mass is 10.6. The zero-order valence-corrected chi connectivity index (χ0v) is 8.08. The number of methoxy groups -OCH3 is 1. The molecule has 1 aromatic rings. The number of carbonyl (C=O) groups excluding carboxylic acids is 1. The zero-order chi connectivity index (χ0) is 10.6. The van der Waals surface area contributed by atoms with E-state index in [1.165, 1.54) is 7.11 Å². The zero-order valence-electron chi connectivity index (χ0n) is 7.32. The van der Waals surface area contributed by atoms with Crippen molar-refractivity contribution in [3.63, 3.8) is 0 Å². The van der Waals surface area contributed by atoms with E-state index in [1.807, 2.05) is 0 Å². The van der Waals surface area contributed by atoms with E-state index < -0.39 is 5.97 Å². The van der Waals surface area contributed by atoms with Crippen molar-refractivity contribution in [1.29, 1.82) is 0 Å². The van der Waals surface area contributed by atoms with E-state index >= 15 is 0 Å². The summed E-state index contributed by atoms with van der Waals surface area (Å²) in [6.45, 7) is -0.0592. The van der Waals surface area contributed by atoms with Crippen LogP contribution in [0, 0.1) is 0 Å². The first-order chi connectivity index (χ1) is 6.61. The molecule has 0 radical (unpaired) electrons.